The summed E-state index contributed by atoms with van der Waals surface area (Å²) in [5, 5.41) is 1.45. The molecule has 2 aromatic heterocycles. The SMILES string of the molecule is COCCN(Cc1cc(Cl)cc2cccnc12)c1c(N)n(Cc2ccccc2)c(=O)[nH]c1=O. The molecule has 0 aliphatic heterocycles. The van der Waals surface area contributed by atoms with E-state index >= 15 is 0 Å². The van der Waals surface area contributed by atoms with Crippen molar-refractivity contribution in [1.29, 1.82) is 0 Å². The van der Waals surface area contributed by atoms with E-state index in [0.717, 1.165) is 22.0 Å². The Morgan fingerprint density at radius 3 is 2.70 bits per heavy atom. The Bertz CT molecular complexity index is 1380. The molecule has 0 saturated carbocycles. The number of pyridine rings is 1. The van der Waals surface area contributed by atoms with E-state index in [9.17, 15) is 9.59 Å². The number of nitrogens with two attached hydrogens (primary N) is 1. The second-order valence-electron chi connectivity index (χ2n) is 7.62. The van der Waals surface area contributed by atoms with E-state index in [1.165, 1.54) is 4.57 Å². The molecule has 3 N–H and O–H groups in total. The van der Waals surface area contributed by atoms with Gasteiger partial charge < -0.3 is 15.4 Å². The number of halogens is 1. The molecule has 170 valence electrons. The Kier molecular flexibility index (Phi) is 6.76. The van der Waals surface area contributed by atoms with Crippen molar-refractivity contribution >= 4 is 34.0 Å². The number of fused-ring (bicyclic) bond motifs is 1. The number of ether oxygens (including phenoxy) is 1. The van der Waals surface area contributed by atoms with Gasteiger partial charge in [0.25, 0.3) is 5.56 Å². The molecule has 0 unspecified atom stereocenters. The van der Waals surface area contributed by atoms with Crippen LogP contribution in [0.2, 0.25) is 5.02 Å². The maximum absolute atomic E-state index is 12.9. The van der Waals surface area contributed by atoms with Gasteiger partial charge in [0.2, 0.25) is 0 Å². The number of methoxy groups -OCH3 is 1. The van der Waals surface area contributed by atoms with Crippen LogP contribution in [0.5, 0.6) is 0 Å². The van der Waals surface area contributed by atoms with Gasteiger partial charge >= 0.3 is 5.69 Å². The number of anilines is 2. The summed E-state index contributed by atoms with van der Waals surface area (Å²) in [6.07, 6.45) is 1.71. The van der Waals surface area contributed by atoms with Crippen LogP contribution in [-0.2, 0) is 17.8 Å². The summed E-state index contributed by atoms with van der Waals surface area (Å²) in [4.78, 5) is 34.2. The summed E-state index contributed by atoms with van der Waals surface area (Å²) in [6.45, 7) is 1.25. The predicted octanol–water partition coefficient (Wildman–Crippen LogP) is 3.02. The van der Waals surface area contributed by atoms with Crippen LogP contribution < -0.4 is 21.9 Å². The second kappa shape index (κ2) is 9.89. The van der Waals surface area contributed by atoms with Crippen molar-refractivity contribution in [3.8, 4) is 0 Å². The zero-order chi connectivity index (χ0) is 23.4. The minimum Gasteiger partial charge on any atom is -0.383 e. The smallest absolute Gasteiger partial charge is 0.330 e. The van der Waals surface area contributed by atoms with Crippen molar-refractivity contribution in [1.82, 2.24) is 14.5 Å². The van der Waals surface area contributed by atoms with Crippen molar-refractivity contribution in [2.75, 3.05) is 30.9 Å². The Labute approximate surface area is 195 Å². The summed E-state index contributed by atoms with van der Waals surface area (Å²) < 4.78 is 6.63. The van der Waals surface area contributed by atoms with Gasteiger partial charge in [-0.1, -0.05) is 48.0 Å². The molecule has 0 aliphatic rings. The van der Waals surface area contributed by atoms with Crippen molar-refractivity contribution < 1.29 is 4.74 Å². The minimum absolute atomic E-state index is 0.0861. The van der Waals surface area contributed by atoms with Crippen LogP contribution in [-0.4, -0.2) is 34.8 Å². The third kappa shape index (κ3) is 4.92. The zero-order valence-corrected chi connectivity index (χ0v) is 18.9. The molecular weight excluding hydrogens is 442 g/mol. The molecule has 0 aliphatic carbocycles. The topological polar surface area (TPSA) is 106 Å². The number of hydrogen-bond acceptors (Lipinski definition) is 6. The zero-order valence-electron chi connectivity index (χ0n) is 18.1. The lowest BCUT2D eigenvalue weighted by atomic mass is 10.1. The van der Waals surface area contributed by atoms with Crippen LogP contribution in [0.15, 0.2) is 70.4 Å². The van der Waals surface area contributed by atoms with Gasteiger partial charge in [0.05, 0.1) is 18.7 Å². The van der Waals surface area contributed by atoms with Crippen molar-refractivity contribution in [3.05, 3.63) is 97.8 Å². The fourth-order valence-electron chi connectivity index (χ4n) is 3.83. The largest absolute Gasteiger partial charge is 0.383 e. The van der Waals surface area contributed by atoms with Crippen molar-refractivity contribution in [3.63, 3.8) is 0 Å². The molecule has 8 nitrogen and oxygen atoms in total. The van der Waals surface area contributed by atoms with Crippen molar-refractivity contribution in [2.45, 2.75) is 13.1 Å². The summed E-state index contributed by atoms with van der Waals surface area (Å²) in [6, 6.07) is 16.9. The van der Waals surface area contributed by atoms with E-state index in [1.54, 1.807) is 18.2 Å². The van der Waals surface area contributed by atoms with Crippen LogP contribution >= 0.6 is 11.6 Å². The molecule has 0 bridgehead atoms. The molecule has 9 heteroatoms. The van der Waals surface area contributed by atoms with Gasteiger partial charge in [0.15, 0.2) is 0 Å². The first-order valence-electron chi connectivity index (χ1n) is 10.4. The monoisotopic (exact) mass is 465 g/mol. The number of aromatic nitrogens is 3. The van der Waals surface area contributed by atoms with E-state index in [1.807, 2.05) is 54.6 Å². The highest BCUT2D eigenvalue weighted by Gasteiger charge is 2.20. The summed E-state index contributed by atoms with van der Waals surface area (Å²) in [5.41, 5.74) is 7.99. The lowest BCUT2D eigenvalue weighted by Crippen LogP contribution is -2.39. The average Bonchev–Trinajstić information content (AvgIpc) is 2.80. The fraction of sp³-hybridized carbons (Fsp3) is 0.208. The number of benzene rings is 2. The molecular formula is C24H24ClN5O3. The number of hydrogen-bond donors (Lipinski definition) is 2. The van der Waals surface area contributed by atoms with Crippen molar-refractivity contribution in [2.24, 2.45) is 0 Å². The molecule has 0 fully saturated rings. The molecule has 0 radical (unpaired) electrons. The fourth-order valence-corrected chi connectivity index (χ4v) is 4.08. The molecule has 4 aromatic rings. The Morgan fingerprint density at radius 2 is 1.94 bits per heavy atom. The van der Waals surface area contributed by atoms with Gasteiger partial charge in [0.1, 0.15) is 11.5 Å². The maximum atomic E-state index is 12.9. The van der Waals surface area contributed by atoms with Crippen LogP contribution in [0, 0.1) is 0 Å². The van der Waals surface area contributed by atoms with Gasteiger partial charge in [-0.15, -0.1) is 0 Å². The molecule has 0 atom stereocenters. The van der Waals surface area contributed by atoms with Gasteiger partial charge in [0, 0.05) is 36.8 Å². The molecule has 0 spiro atoms. The van der Waals surface area contributed by atoms with Crippen LogP contribution in [0.3, 0.4) is 0 Å². The molecule has 33 heavy (non-hydrogen) atoms. The quantitative estimate of drug-likeness (QED) is 0.414. The van der Waals surface area contributed by atoms with E-state index in [-0.39, 0.29) is 18.1 Å². The highest BCUT2D eigenvalue weighted by molar-refractivity contribution is 6.31. The average molecular weight is 466 g/mol. The van der Waals surface area contributed by atoms with E-state index < -0.39 is 11.2 Å². The van der Waals surface area contributed by atoms with Crippen LogP contribution in [0.1, 0.15) is 11.1 Å². The second-order valence-corrected chi connectivity index (χ2v) is 8.06. The van der Waals surface area contributed by atoms with E-state index in [4.69, 9.17) is 22.1 Å². The number of H-pyrrole nitrogens is 1. The van der Waals surface area contributed by atoms with Gasteiger partial charge in [-0.3, -0.25) is 19.3 Å². The first-order valence-corrected chi connectivity index (χ1v) is 10.8. The van der Waals surface area contributed by atoms with E-state index in [0.29, 0.717) is 24.7 Å². The van der Waals surface area contributed by atoms with Gasteiger partial charge in [-0.05, 0) is 29.3 Å². The summed E-state index contributed by atoms with van der Waals surface area (Å²) >= 11 is 6.35. The highest BCUT2D eigenvalue weighted by Crippen LogP contribution is 2.26. The normalized spacial score (nSPS) is 11.1. The summed E-state index contributed by atoms with van der Waals surface area (Å²) in [5.74, 6) is 0.0861. The number of nitrogens with one attached hydrogen (secondary N) is 1. The van der Waals surface area contributed by atoms with E-state index in [2.05, 4.69) is 9.97 Å². The van der Waals surface area contributed by atoms with Gasteiger partial charge in [-0.25, -0.2) is 4.79 Å². The first-order chi connectivity index (χ1) is 16.0. The number of nitrogen functional groups attached to an aromatic ring is 1. The molecule has 0 saturated heterocycles. The third-order valence-corrected chi connectivity index (χ3v) is 5.61. The molecule has 2 aromatic carbocycles. The summed E-state index contributed by atoms with van der Waals surface area (Å²) in [7, 11) is 1.58. The van der Waals surface area contributed by atoms with Crippen LogP contribution in [0.25, 0.3) is 10.9 Å². The number of aromatic amines is 1. The Hall–Kier alpha value is -3.62. The third-order valence-electron chi connectivity index (χ3n) is 5.39. The standard InChI is InChI=1S/C24H24ClN5O3/c1-33-11-10-29(15-18-13-19(25)12-17-8-5-9-27-20(17)18)21-22(26)30(24(32)28-23(21)31)14-16-6-3-2-4-7-16/h2-9,12-13H,10-11,14-15,26H2,1H3,(H,28,31,32). The maximum Gasteiger partial charge on any atom is 0.330 e. The molecule has 2 heterocycles. The highest BCUT2D eigenvalue weighted by atomic mass is 35.5. The Balaban J connectivity index is 1.80. The number of rotatable bonds is 8. The van der Waals surface area contributed by atoms with Crippen LogP contribution in [0.4, 0.5) is 11.5 Å². The molecule has 0 amide bonds. The lowest BCUT2D eigenvalue weighted by Gasteiger charge is -2.26. The Morgan fingerprint density at radius 1 is 1.15 bits per heavy atom. The molecule has 4 rings (SSSR count). The lowest BCUT2D eigenvalue weighted by molar-refractivity contribution is 0.205. The first kappa shape index (κ1) is 22.6. The minimum atomic E-state index is -0.563. The predicted molar refractivity (Wildman–Crippen MR) is 131 cm³/mol. The number of nitrogens with zero attached hydrogens (tertiary/aromatic N) is 3. The van der Waals surface area contributed by atoms with Gasteiger partial charge in [-0.2, -0.15) is 0 Å².